The number of hydrogen-bond donors (Lipinski definition) is 1. The van der Waals surface area contributed by atoms with Gasteiger partial charge in [-0.1, -0.05) is 44.5 Å². The molecule has 0 radical (unpaired) electrons. The van der Waals surface area contributed by atoms with Crippen molar-refractivity contribution in [1.29, 1.82) is 0 Å². The summed E-state index contributed by atoms with van der Waals surface area (Å²) >= 11 is 0. The van der Waals surface area contributed by atoms with Gasteiger partial charge in [0.1, 0.15) is 18.3 Å². The van der Waals surface area contributed by atoms with E-state index >= 15 is 0 Å². The van der Waals surface area contributed by atoms with E-state index in [4.69, 9.17) is 4.74 Å². The average Bonchev–Trinajstić information content (AvgIpc) is 2.83. The minimum atomic E-state index is -3.77. The third-order valence-electron chi connectivity index (χ3n) is 6.02. The van der Waals surface area contributed by atoms with Crippen LogP contribution in [0.15, 0.2) is 42.5 Å². The average molecular weight is 518 g/mol. The van der Waals surface area contributed by atoms with Gasteiger partial charge in [-0.2, -0.15) is 0 Å². The fourth-order valence-corrected chi connectivity index (χ4v) is 4.88. The Morgan fingerprint density at radius 3 is 2.42 bits per heavy atom. The lowest BCUT2D eigenvalue weighted by molar-refractivity contribution is -0.140. The summed E-state index contributed by atoms with van der Waals surface area (Å²) in [5, 5.41) is 2.92. The van der Waals surface area contributed by atoms with Gasteiger partial charge in [0.25, 0.3) is 0 Å². The van der Waals surface area contributed by atoms with Gasteiger partial charge in [-0.25, -0.2) is 8.42 Å². The van der Waals surface area contributed by atoms with Crippen LogP contribution in [0.2, 0.25) is 0 Å². The Bertz CT molecular complexity index is 1150. The molecule has 0 aromatic heterocycles. The number of nitrogens with one attached hydrogen (secondary N) is 1. The predicted octanol–water partition coefficient (Wildman–Crippen LogP) is 3.80. The van der Waals surface area contributed by atoms with Crippen molar-refractivity contribution < 1.29 is 22.7 Å². The number of amides is 2. The number of sulfonamides is 1. The highest BCUT2D eigenvalue weighted by Gasteiger charge is 2.32. The van der Waals surface area contributed by atoms with E-state index < -0.39 is 28.5 Å². The summed E-state index contributed by atoms with van der Waals surface area (Å²) in [5.74, 6) is -0.0741. The van der Waals surface area contributed by atoms with E-state index in [0.29, 0.717) is 24.4 Å². The fraction of sp³-hybridized carbons (Fsp3) is 0.481. The smallest absolute Gasteiger partial charge is 0.244 e. The summed E-state index contributed by atoms with van der Waals surface area (Å²) in [5.41, 5.74) is 2.85. The third kappa shape index (κ3) is 7.98. The minimum Gasteiger partial charge on any atom is -0.497 e. The molecular formula is C27H39N3O5S. The van der Waals surface area contributed by atoms with E-state index in [-0.39, 0.29) is 12.5 Å². The van der Waals surface area contributed by atoms with E-state index in [9.17, 15) is 18.0 Å². The van der Waals surface area contributed by atoms with E-state index in [1.165, 1.54) is 4.90 Å². The monoisotopic (exact) mass is 517 g/mol. The second kappa shape index (κ2) is 13.3. The Morgan fingerprint density at radius 1 is 1.08 bits per heavy atom. The van der Waals surface area contributed by atoms with Crippen molar-refractivity contribution in [2.75, 3.05) is 30.8 Å². The molecule has 36 heavy (non-hydrogen) atoms. The molecule has 0 aliphatic carbocycles. The minimum absolute atomic E-state index is 0.139. The zero-order valence-electron chi connectivity index (χ0n) is 22.2. The van der Waals surface area contributed by atoms with E-state index in [1.807, 2.05) is 52.0 Å². The predicted molar refractivity (Wildman–Crippen MR) is 144 cm³/mol. The zero-order valence-corrected chi connectivity index (χ0v) is 23.0. The number of nitrogens with zero attached hydrogens (tertiary/aromatic N) is 2. The first kappa shape index (κ1) is 29.2. The maximum absolute atomic E-state index is 13.8. The van der Waals surface area contributed by atoms with E-state index in [0.717, 1.165) is 40.1 Å². The zero-order chi connectivity index (χ0) is 26.9. The molecule has 0 fully saturated rings. The van der Waals surface area contributed by atoms with Crippen LogP contribution in [0.1, 0.15) is 49.8 Å². The molecule has 1 unspecified atom stereocenters. The van der Waals surface area contributed by atoms with Gasteiger partial charge in [0.05, 0.1) is 19.1 Å². The number of rotatable bonds is 13. The standard InChI is InChI=1S/C27H39N3O5S/c1-7-9-15-28-27(32)24(8-2)29(18-22-11-10-12-23(17-22)35-5)26(31)19-30(36(6,33)34)25-16-20(3)13-14-21(25)4/h10-14,16-17,24H,7-9,15,18-19H2,1-6H3,(H,28,32). The molecule has 2 rings (SSSR count). The summed E-state index contributed by atoms with van der Waals surface area (Å²) in [6.45, 7) is 7.80. The van der Waals surface area contributed by atoms with Crippen molar-refractivity contribution in [2.45, 2.75) is 59.5 Å². The van der Waals surface area contributed by atoms with Crippen LogP contribution in [-0.2, 0) is 26.2 Å². The summed E-state index contributed by atoms with van der Waals surface area (Å²) in [4.78, 5) is 28.3. The Labute approximate surface area is 215 Å². The van der Waals surface area contributed by atoms with Crippen molar-refractivity contribution in [1.82, 2.24) is 10.2 Å². The number of ether oxygens (including phenoxy) is 1. The second-order valence-electron chi connectivity index (χ2n) is 9.00. The summed E-state index contributed by atoms with van der Waals surface area (Å²) in [7, 11) is -2.21. The number of anilines is 1. The largest absolute Gasteiger partial charge is 0.497 e. The van der Waals surface area contributed by atoms with Crippen LogP contribution >= 0.6 is 0 Å². The maximum atomic E-state index is 13.8. The first-order valence-corrected chi connectivity index (χ1v) is 14.1. The van der Waals surface area contributed by atoms with E-state index in [2.05, 4.69) is 5.32 Å². The quantitative estimate of drug-likeness (QED) is 0.408. The highest BCUT2D eigenvalue weighted by Crippen LogP contribution is 2.25. The molecule has 2 aromatic carbocycles. The lowest BCUT2D eigenvalue weighted by atomic mass is 10.1. The summed E-state index contributed by atoms with van der Waals surface area (Å²) in [6.07, 6.45) is 3.24. The van der Waals surface area contributed by atoms with Crippen molar-refractivity contribution >= 4 is 27.5 Å². The molecule has 0 spiro atoms. The SMILES string of the molecule is CCCCNC(=O)C(CC)N(Cc1cccc(OC)c1)C(=O)CN(c1cc(C)ccc1C)S(C)(=O)=O. The fourth-order valence-electron chi connectivity index (χ4n) is 3.98. The van der Waals surface area contributed by atoms with Crippen LogP contribution in [0.4, 0.5) is 5.69 Å². The lowest BCUT2D eigenvalue weighted by Gasteiger charge is -2.33. The number of methoxy groups -OCH3 is 1. The van der Waals surface area contributed by atoms with Crippen molar-refractivity contribution in [3.63, 3.8) is 0 Å². The molecule has 8 nitrogen and oxygen atoms in total. The first-order valence-electron chi connectivity index (χ1n) is 12.3. The van der Waals surface area contributed by atoms with Gasteiger partial charge >= 0.3 is 0 Å². The molecule has 0 heterocycles. The number of unbranched alkanes of at least 4 members (excludes halogenated alkanes) is 1. The van der Waals surface area contributed by atoms with Crippen molar-refractivity contribution in [3.8, 4) is 5.75 Å². The molecule has 1 N–H and O–H groups in total. The van der Waals surface area contributed by atoms with E-state index in [1.54, 1.807) is 25.3 Å². The number of benzene rings is 2. The second-order valence-corrected chi connectivity index (χ2v) is 10.9. The van der Waals surface area contributed by atoms with Crippen LogP contribution in [0.25, 0.3) is 0 Å². The molecule has 2 aromatic rings. The van der Waals surface area contributed by atoms with Gasteiger partial charge in [-0.3, -0.25) is 13.9 Å². The molecule has 1 atom stereocenters. The summed E-state index contributed by atoms with van der Waals surface area (Å²) in [6, 6.07) is 12.0. The highest BCUT2D eigenvalue weighted by atomic mass is 32.2. The molecular weight excluding hydrogens is 478 g/mol. The van der Waals surface area contributed by atoms with Gasteiger partial charge in [-0.15, -0.1) is 0 Å². The molecule has 198 valence electrons. The Balaban J connectivity index is 2.46. The van der Waals surface area contributed by atoms with Crippen LogP contribution in [0, 0.1) is 13.8 Å². The normalized spacial score (nSPS) is 12.1. The number of aryl methyl sites for hydroxylation is 2. The molecule has 2 amide bonds. The maximum Gasteiger partial charge on any atom is 0.244 e. The van der Waals surface area contributed by atoms with Gasteiger partial charge in [-0.05, 0) is 61.6 Å². The highest BCUT2D eigenvalue weighted by molar-refractivity contribution is 7.92. The lowest BCUT2D eigenvalue weighted by Crippen LogP contribution is -2.52. The molecule has 0 aliphatic rings. The molecule has 0 aliphatic heterocycles. The number of carbonyl (C=O) groups is 2. The molecule has 9 heteroatoms. The third-order valence-corrected chi connectivity index (χ3v) is 7.14. The van der Waals surface area contributed by atoms with Crippen LogP contribution < -0.4 is 14.4 Å². The Morgan fingerprint density at radius 2 is 1.81 bits per heavy atom. The van der Waals surface area contributed by atoms with Gasteiger partial charge in [0, 0.05) is 13.1 Å². The molecule has 0 saturated heterocycles. The van der Waals surface area contributed by atoms with Crippen molar-refractivity contribution in [2.24, 2.45) is 0 Å². The van der Waals surface area contributed by atoms with Gasteiger partial charge in [0.2, 0.25) is 21.8 Å². The summed E-state index contributed by atoms with van der Waals surface area (Å²) < 4.78 is 32.0. The first-order chi connectivity index (χ1) is 17.0. The van der Waals surface area contributed by atoms with Crippen LogP contribution in [0.5, 0.6) is 5.75 Å². The van der Waals surface area contributed by atoms with Crippen LogP contribution in [-0.4, -0.2) is 57.6 Å². The topological polar surface area (TPSA) is 96.0 Å². The Hall–Kier alpha value is -3.07. The molecule has 0 bridgehead atoms. The van der Waals surface area contributed by atoms with Gasteiger partial charge < -0.3 is 15.0 Å². The Kier molecular flexibility index (Phi) is 10.8. The number of carbonyl (C=O) groups excluding carboxylic acids is 2. The number of hydrogen-bond acceptors (Lipinski definition) is 5. The molecule has 0 saturated carbocycles. The van der Waals surface area contributed by atoms with Crippen LogP contribution in [0.3, 0.4) is 0 Å². The van der Waals surface area contributed by atoms with Gasteiger partial charge in [0.15, 0.2) is 0 Å². The van der Waals surface area contributed by atoms with Crippen molar-refractivity contribution in [3.05, 3.63) is 59.2 Å².